The molecule has 1 aromatic heterocycles. The average Bonchev–Trinajstić information content (AvgIpc) is 2.67. The number of carboxylic acid groups (broad SMARTS) is 1. The first-order valence-corrected chi connectivity index (χ1v) is 7.20. The van der Waals surface area contributed by atoms with Crippen LogP contribution < -0.4 is 0 Å². The molecular formula is C15H17BrN2O2. The molecule has 4 nitrogen and oxygen atoms in total. The highest BCUT2D eigenvalue weighted by Crippen LogP contribution is 2.29. The first kappa shape index (κ1) is 14.8. The molecule has 1 heterocycles. The van der Waals surface area contributed by atoms with E-state index in [1.54, 1.807) is 0 Å². The van der Waals surface area contributed by atoms with Crippen LogP contribution in [0.2, 0.25) is 0 Å². The molecule has 0 amide bonds. The van der Waals surface area contributed by atoms with E-state index in [0.29, 0.717) is 6.42 Å². The van der Waals surface area contributed by atoms with Crippen molar-refractivity contribution >= 4 is 21.9 Å². The molecule has 0 atom stereocenters. The van der Waals surface area contributed by atoms with Crippen LogP contribution in [0, 0.1) is 13.8 Å². The predicted octanol–water partition coefficient (Wildman–Crippen LogP) is 3.48. The number of benzene rings is 1. The van der Waals surface area contributed by atoms with E-state index >= 15 is 0 Å². The number of aliphatic carboxylic acids is 1. The van der Waals surface area contributed by atoms with Gasteiger partial charge in [0.25, 0.3) is 0 Å². The lowest BCUT2D eigenvalue weighted by Crippen LogP contribution is -2.03. The third-order valence-electron chi connectivity index (χ3n) is 3.46. The molecule has 1 N–H and O–H groups in total. The number of aryl methyl sites for hydroxylation is 3. The molecule has 1 aromatic carbocycles. The van der Waals surface area contributed by atoms with Gasteiger partial charge in [-0.1, -0.05) is 12.1 Å². The smallest absolute Gasteiger partial charge is 0.303 e. The fourth-order valence-corrected chi connectivity index (χ4v) is 2.56. The maximum Gasteiger partial charge on any atom is 0.303 e. The average molecular weight is 337 g/mol. The van der Waals surface area contributed by atoms with Crippen LogP contribution in [0.15, 0.2) is 22.8 Å². The van der Waals surface area contributed by atoms with Gasteiger partial charge in [-0.15, -0.1) is 0 Å². The van der Waals surface area contributed by atoms with Crippen LogP contribution >= 0.6 is 15.9 Å². The van der Waals surface area contributed by atoms with E-state index in [4.69, 9.17) is 5.11 Å². The lowest BCUT2D eigenvalue weighted by Gasteiger charge is -2.03. The van der Waals surface area contributed by atoms with Crippen molar-refractivity contribution in [3.8, 4) is 11.3 Å². The van der Waals surface area contributed by atoms with E-state index < -0.39 is 5.97 Å². The summed E-state index contributed by atoms with van der Waals surface area (Å²) in [5.74, 6) is -0.0376. The first-order chi connectivity index (χ1) is 9.40. The van der Waals surface area contributed by atoms with Gasteiger partial charge in [-0.25, -0.2) is 4.98 Å². The summed E-state index contributed by atoms with van der Waals surface area (Å²) in [4.78, 5) is 15.3. The van der Waals surface area contributed by atoms with Gasteiger partial charge in [0.2, 0.25) is 0 Å². The number of hydrogen-bond donors (Lipinski definition) is 1. The summed E-state index contributed by atoms with van der Waals surface area (Å²) in [6.45, 7) is 4.14. The Morgan fingerprint density at radius 1 is 1.35 bits per heavy atom. The Kier molecular flexibility index (Phi) is 4.28. The summed E-state index contributed by atoms with van der Waals surface area (Å²) < 4.78 is 2.77. The molecule has 0 spiro atoms. The zero-order valence-electron chi connectivity index (χ0n) is 11.8. The van der Waals surface area contributed by atoms with E-state index in [-0.39, 0.29) is 6.42 Å². The van der Waals surface area contributed by atoms with E-state index in [1.165, 1.54) is 11.1 Å². The maximum absolute atomic E-state index is 10.7. The summed E-state index contributed by atoms with van der Waals surface area (Å²) in [6, 6.07) is 6.21. The van der Waals surface area contributed by atoms with Crippen LogP contribution in [-0.2, 0) is 18.3 Å². The van der Waals surface area contributed by atoms with Gasteiger partial charge < -0.3 is 9.67 Å². The van der Waals surface area contributed by atoms with Crippen LogP contribution in [0.1, 0.15) is 23.4 Å². The zero-order chi connectivity index (χ0) is 14.9. The van der Waals surface area contributed by atoms with Gasteiger partial charge in [-0.2, -0.15) is 0 Å². The Balaban J connectivity index is 2.39. The number of nitrogens with zero attached hydrogens (tertiary/aromatic N) is 2. The number of carbonyl (C=O) groups is 1. The topological polar surface area (TPSA) is 55.1 Å². The van der Waals surface area contributed by atoms with Gasteiger partial charge in [0.05, 0.1) is 6.42 Å². The highest BCUT2D eigenvalue weighted by atomic mass is 79.9. The van der Waals surface area contributed by atoms with Crippen molar-refractivity contribution in [3.05, 3.63) is 39.8 Å². The van der Waals surface area contributed by atoms with Crippen molar-refractivity contribution in [1.29, 1.82) is 0 Å². The maximum atomic E-state index is 10.7. The number of carboxylic acids is 1. The molecule has 0 aliphatic carbocycles. The van der Waals surface area contributed by atoms with E-state index in [1.807, 2.05) is 17.7 Å². The van der Waals surface area contributed by atoms with Crippen LogP contribution in [0.25, 0.3) is 11.3 Å². The van der Waals surface area contributed by atoms with Gasteiger partial charge >= 0.3 is 5.97 Å². The van der Waals surface area contributed by atoms with Crippen LogP contribution in [0.3, 0.4) is 0 Å². The second-order valence-corrected chi connectivity index (χ2v) is 5.67. The highest BCUT2D eigenvalue weighted by Gasteiger charge is 2.15. The lowest BCUT2D eigenvalue weighted by molar-refractivity contribution is -0.137. The molecule has 0 fully saturated rings. The summed E-state index contributed by atoms with van der Waals surface area (Å²) in [5, 5.41) is 8.78. The molecule has 0 bridgehead atoms. The predicted molar refractivity (Wildman–Crippen MR) is 81.8 cm³/mol. The minimum Gasteiger partial charge on any atom is -0.481 e. The number of halogens is 1. The van der Waals surface area contributed by atoms with Crippen LogP contribution in [0.4, 0.5) is 0 Å². The molecule has 0 unspecified atom stereocenters. The standard InChI is InChI=1S/C15H17BrN2O2/c1-9-4-5-11(8-10(9)2)14-15(16)18(3)12(17-14)6-7-13(19)20/h4-5,8H,6-7H2,1-3H3,(H,19,20). The minimum atomic E-state index is -0.808. The molecule has 0 aliphatic rings. The van der Waals surface area contributed by atoms with Gasteiger partial charge in [0, 0.05) is 19.0 Å². The quantitative estimate of drug-likeness (QED) is 0.929. The number of aromatic nitrogens is 2. The molecule has 0 saturated carbocycles. The second kappa shape index (κ2) is 5.79. The molecule has 20 heavy (non-hydrogen) atoms. The lowest BCUT2D eigenvalue weighted by atomic mass is 10.0. The molecular weight excluding hydrogens is 320 g/mol. The second-order valence-electron chi connectivity index (χ2n) is 4.92. The largest absolute Gasteiger partial charge is 0.481 e. The van der Waals surface area contributed by atoms with Gasteiger partial charge in [-0.3, -0.25) is 4.79 Å². The first-order valence-electron chi connectivity index (χ1n) is 6.40. The van der Waals surface area contributed by atoms with Crippen LogP contribution in [0.5, 0.6) is 0 Å². The molecule has 5 heteroatoms. The summed E-state index contributed by atoms with van der Waals surface area (Å²) in [6.07, 6.45) is 0.513. The monoisotopic (exact) mass is 336 g/mol. The SMILES string of the molecule is Cc1ccc(-c2nc(CCC(=O)O)n(C)c2Br)cc1C. The Hall–Kier alpha value is -1.62. The Morgan fingerprint density at radius 3 is 2.65 bits per heavy atom. The Morgan fingerprint density at radius 2 is 2.05 bits per heavy atom. The Labute approximate surface area is 126 Å². The van der Waals surface area contributed by atoms with Crippen molar-refractivity contribution in [3.63, 3.8) is 0 Å². The third kappa shape index (κ3) is 2.93. The van der Waals surface area contributed by atoms with Crippen molar-refractivity contribution in [2.24, 2.45) is 7.05 Å². The van der Waals surface area contributed by atoms with E-state index in [9.17, 15) is 4.79 Å². The summed E-state index contributed by atoms with van der Waals surface area (Å²) in [5.41, 5.74) is 4.35. The molecule has 2 rings (SSSR count). The number of imidazole rings is 1. The van der Waals surface area contributed by atoms with Crippen LogP contribution in [-0.4, -0.2) is 20.6 Å². The van der Waals surface area contributed by atoms with Gasteiger partial charge in [0.1, 0.15) is 16.1 Å². The van der Waals surface area contributed by atoms with Crippen molar-refractivity contribution in [1.82, 2.24) is 9.55 Å². The van der Waals surface area contributed by atoms with Crippen molar-refractivity contribution in [2.45, 2.75) is 26.7 Å². The highest BCUT2D eigenvalue weighted by molar-refractivity contribution is 9.10. The molecule has 2 aromatic rings. The summed E-state index contributed by atoms with van der Waals surface area (Å²) in [7, 11) is 1.89. The van der Waals surface area contributed by atoms with Gasteiger partial charge in [-0.05, 0) is 47.0 Å². The zero-order valence-corrected chi connectivity index (χ0v) is 13.4. The normalized spacial score (nSPS) is 10.8. The number of rotatable bonds is 4. The van der Waals surface area contributed by atoms with Crippen molar-refractivity contribution in [2.75, 3.05) is 0 Å². The fraction of sp³-hybridized carbons (Fsp3) is 0.333. The van der Waals surface area contributed by atoms with Crippen molar-refractivity contribution < 1.29 is 9.90 Å². The minimum absolute atomic E-state index is 0.0870. The van der Waals surface area contributed by atoms with E-state index in [2.05, 4.69) is 46.9 Å². The molecule has 0 saturated heterocycles. The molecule has 0 aliphatic heterocycles. The van der Waals surface area contributed by atoms with Gasteiger partial charge in [0.15, 0.2) is 0 Å². The number of hydrogen-bond acceptors (Lipinski definition) is 2. The molecule has 106 valence electrons. The van der Waals surface area contributed by atoms with E-state index in [0.717, 1.165) is 21.7 Å². The Bertz CT molecular complexity index is 662. The third-order valence-corrected chi connectivity index (χ3v) is 4.37. The summed E-state index contributed by atoms with van der Waals surface area (Å²) >= 11 is 3.54. The molecule has 0 radical (unpaired) electrons. The fourth-order valence-electron chi connectivity index (χ4n) is 2.04.